The minimum absolute atomic E-state index is 0.125. The molecule has 2 bridgehead atoms. The van der Waals surface area contributed by atoms with Crippen LogP contribution in [0.2, 0.25) is 0 Å². The highest BCUT2D eigenvalue weighted by atomic mass is 79.9. The first-order valence-corrected chi connectivity index (χ1v) is 13.3. The van der Waals surface area contributed by atoms with Gasteiger partial charge in [0.15, 0.2) is 0 Å². The van der Waals surface area contributed by atoms with Gasteiger partial charge in [-0.05, 0) is 70.2 Å². The van der Waals surface area contributed by atoms with E-state index in [4.69, 9.17) is 0 Å². The van der Waals surface area contributed by atoms with Crippen LogP contribution < -0.4 is 0 Å². The third-order valence-electron chi connectivity index (χ3n) is 8.30. The second-order valence-corrected chi connectivity index (χ2v) is 11.0. The van der Waals surface area contributed by atoms with Crippen molar-refractivity contribution in [3.8, 4) is 5.69 Å². The summed E-state index contributed by atoms with van der Waals surface area (Å²) in [6.45, 7) is 4.06. The van der Waals surface area contributed by atoms with Crippen molar-refractivity contribution in [1.29, 1.82) is 0 Å². The van der Waals surface area contributed by atoms with E-state index in [2.05, 4.69) is 49.9 Å². The van der Waals surface area contributed by atoms with Gasteiger partial charge in [0, 0.05) is 33.3 Å². The maximum Gasteiger partial charge on any atom is 0.254 e. The predicted molar refractivity (Wildman–Crippen MR) is 146 cm³/mol. The zero-order chi connectivity index (χ0) is 25.4. The number of para-hydroxylation sites is 1. The van der Waals surface area contributed by atoms with Crippen molar-refractivity contribution < 1.29 is 9.59 Å². The molecule has 1 fully saturated rings. The minimum Gasteiger partial charge on any atom is -0.317 e. The number of nitrogens with zero attached hydrogens (tertiary/aromatic N) is 3. The monoisotopic (exact) mass is 549 g/mol. The largest absolute Gasteiger partial charge is 0.317 e. The lowest BCUT2D eigenvalue weighted by molar-refractivity contribution is -0.139. The Morgan fingerprint density at radius 2 is 1.24 bits per heavy atom. The van der Waals surface area contributed by atoms with Crippen molar-refractivity contribution in [2.75, 3.05) is 0 Å². The van der Waals surface area contributed by atoms with E-state index in [-0.39, 0.29) is 23.7 Å². The van der Waals surface area contributed by atoms with E-state index in [0.717, 1.165) is 54.4 Å². The summed E-state index contributed by atoms with van der Waals surface area (Å²) in [6.07, 6.45) is 1.66. The molecule has 4 aliphatic rings. The number of rotatable bonds is 3. The lowest BCUT2D eigenvalue weighted by Gasteiger charge is -2.45. The van der Waals surface area contributed by atoms with Gasteiger partial charge in [0.2, 0.25) is 0 Å². The number of imide groups is 1. The number of hydrogen-bond donors (Lipinski definition) is 0. The summed E-state index contributed by atoms with van der Waals surface area (Å²) in [4.78, 5) is 27.6. The molecule has 1 aromatic heterocycles. The molecule has 2 amide bonds. The molecule has 182 valence electrons. The zero-order valence-electron chi connectivity index (χ0n) is 20.4. The fraction of sp³-hybridized carbons (Fsp3) is 0.194. The fourth-order valence-corrected chi connectivity index (χ4v) is 7.28. The number of hydrogen-bond acceptors (Lipinski definition) is 3. The van der Waals surface area contributed by atoms with Crippen molar-refractivity contribution in [3.63, 3.8) is 0 Å². The Kier molecular flexibility index (Phi) is 4.92. The van der Waals surface area contributed by atoms with Crippen molar-refractivity contribution in [1.82, 2.24) is 9.58 Å². The molecule has 2 atom stereocenters. The van der Waals surface area contributed by atoms with Gasteiger partial charge in [0.25, 0.3) is 11.8 Å². The first-order valence-electron chi connectivity index (χ1n) is 12.5. The van der Waals surface area contributed by atoms with Gasteiger partial charge in [-0.3, -0.25) is 9.59 Å². The lowest BCUT2D eigenvalue weighted by atomic mass is 9.55. The van der Waals surface area contributed by atoms with Crippen molar-refractivity contribution in [2.24, 2.45) is 16.9 Å². The van der Waals surface area contributed by atoms with Crippen molar-refractivity contribution >= 4 is 34.0 Å². The molecule has 37 heavy (non-hydrogen) atoms. The van der Waals surface area contributed by atoms with Gasteiger partial charge in [0.05, 0.1) is 23.7 Å². The van der Waals surface area contributed by atoms with Crippen LogP contribution in [-0.4, -0.2) is 27.6 Å². The van der Waals surface area contributed by atoms with E-state index in [0.29, 0.717) is 0 Å². The van der Waals surface area contributed by atoms with Crippen LogP contribution in [0.15, 0.2) is 88.4 Å². The number of carbonyl (C=O) groups is 2. The van der Waals surface area contributed by atoms with E-state index in [1.807, 2.05) is 68.4 Å². The summed E-state index contributed by atoms with van der Waals surface area (Å²) >= 11 is 3.64. The molecule has 0 radical (unpaired) electrons. The van der Waals surface area contributed by atoms with E-state index in [1.54, 1.807) is 6.21 Å². The SMILES string of the molecule is Cc1cc(/C=N\N2C(=O)[C@@H]3C4c5ccccc5C(c5ccccc54)[C@H]3C2=O)c(C)n1-c1ccccc1Br. The van der Waals surface area contributed by atoms with E-state index in [9.17, 15) is 9.59 Å². The topological polar surface area (TPSA) is 54.7 Å². The molecule has 0 spiro atoms. The van der Waals surface area contributed by atoms with E-state index in [1.165, 1.54) is 0 Å². The molecular weight excluding hydrogens is 526 g/mol. The Morgan fingerprint density at radius 3 is 1.76 bits per heavy atom. The first kappa shape index (κ1) is 22.4. The molecule has 4 aromatic rings. The first-order chi connectivity index (χ1) is 18.0. The summed E-state index contributed by atoms with van der Waals surface area (Å²) in [5.41, 5.74) is 8.59. The molecule has 8 rings (SSSR count). The highest BCUT2D eigenvalue weighted by molar-refractivity contribution is 9.10. The predicted octanol–water partition coefficient (Wildman–Crippen LogP) is 6.08. The maximum absolute atomic E-state index is 13.8. The second-order valence-electron chi connectivity index (χ2n) is 10.1. The van der Waals surface area contributed by atoms with Crippen molar-refractivity contribution in [2.45, 2.75) is 25.7 Å². The average Bonchev–Trinajstić information content (AvgIpc) is 3.34. The molecule has 3 aliphatic carbocycles. The fourth-order valence-electron chi connectivity index (χ4n) is 6.82. The second kappa shape index (κ2) is 8.12. The van der Waals surface area contributed by atoms with Crippen LogP contribution in [0.25, 0.3) is 5.69 Å². The quantitative estimate of drug-likeness (QED) is 0.229. The summed E-state index contributed by atoms with van der Waals surface area (Å²) in [5, 5.41) is 5.65. The summed E-state index contributed by atoms with van der Waals surface area (Å²) in [7, 11) is 0. The van der Waals surface area contributed by atoms with Crippen LogP contribution >= 0.6 is 15.9 Å². The minimum atomic E-state index is -0.424. The van der Waals surface area contributed by atoms with Crippen LogP contribution in [0.3, 0.4) is 0 Å². The number of hydrazone groups is 1. The number of amides is 2. The lowest BCUT2D eigenvalue weighted by Crippen LogP contribution is -2.41. The van der Waals surface area contributed by atoms with Gasteiger partial charge in [0.1, 0.15) is 0 Å². The van der Waals surface area contributed by atoms with Gasteiger partial charge < -0.3 is 4.57 Å². The Bertz CT molecular complexity index is 1540. The smallest absolute Gasteiger partial charge is 0.254 e. The number of carbonyl (C=O) groups excluding carboxylic acids is 2. The van der Waals surface area contributed by atoms with Crippen LogP contribution in [0.4, 0.5) is 0 Å². The van der Waals surface area contributed by atoms with E-state index >= 15 is 0 Å². The molecule has 0 unspecified atom stereocenters. The third-order valence-corrected chi connectivity index (χ3v) is 8.97. The van der Waals surface area contributed by atoms with Gasteiger partial charge >= 0.3 is 0 Å². The van der Waals surface area contributed by atoms with Crippen LogP contribution in [0.1, 0.15) is 51.0 Å². The number of aromatic nitrogens is 1. The van der Waals surface area contributed by atoms with Crippen LogP contribution in [0, 0.1) is 25.7 Å². The third kappa shape index (κ3) is 3.05. The number of benzene rings is 3. The van der Waals surface area contributed by atoms with Crippen LogP contribution in [0.5, 0.6) is 0 Å². The zero-order valence-corrected chi connectivity index (χ0v) is 22.0. The molecular formula is C31H24BrN3O2. The molecule has 2 heterocycles. The molecule has 5 nitrogen and oxygen atoms in total. The Balaban J connectivity index is 1.28. The Morgan fingerprint density at radius 1 is 0.757 bits per heavy atom. The highest BCUT2D eigenvalue weighted by Crippen LogP contribution is 2.60. The molecule has 0 N–H and O–H groups in total. The standard InChI is InChI=1S/C31H24BrN3O2/c1-17-15-19(18(2)34(17)25-14-8-7-13-24(25)32)16-33-35-30(36)28-26-20-9-3-4-10-21(20)27(29(28)31(35)37)23-12-6-5-11-22(23)26/h3-16,26-29H,1-2H3/b33-16-/t26?,27?,28-,29-/m1/s1. The number of halogens is 1. The van der Waals surface area contributed by atoms with Crippen LogP contribution in [-0.2, 0) is 9.59 Å². The van der Waals surface area contributed by atoms with Crippen molar-refractivity contribution in [3.05, 3.63) is 123 Å². The molecule has 0 saturated carbocycles. The Hall–Kier alpha value is -3.77. The maximum atomic E-state index is 13.8. The molecule has 6 heteroatoms. The van der Waals surface area contributed by atoms with Gasteiger partial charge in [-0.1, -0.05) is 60.7 Å². The number of aryl methyl sites for hydroxylation is 1. The average molecular weight is 550 g/mol. The highest BCUT2D eigenvalue weighted by Gasteiger charge is 2.61. The van der Waals surface area contributed by atoms with Gasteiger partial charge in [-0.25, -0.2) is 0 Å². The summed E-state index contributed by atoms with van der Waals surface area (Å²) < 4.78 is 3.13. The van der Waals surface area contributed by atoms with Gasteiger partial charge in [-0.15, -0.1) is 0 Å². The Labute approximate surface area is 223 Å². The molecule has 1 aliphatic heterocycles. The van der Waals surface area contributed by atoms with E-state index < -0.39 is 11.8 Å². The molecule has 3 aromatic carbocycles. The normalized spacial score (nSPS) is 23.5. The van der Waals surface area contributed by atoms with Gasteiger partial charge in [-0.2, -0.15) is 10.1 Å². The summed E-state index contributed by atoms with van der Waals surface area (Å²) in [5.74, 6) is -1.51. The summed E-state index contributed by atoms with van der Waals surface area (Å²) in [6, 6.07) is 26.6. The molecule has 1 saturated heterocycles.